The number of ether oxygens (including phenoxy) is 3. The summed E-state index contributed by atoms with van der Waals surface area (Å²) in [6.07, 6.45) is 0. The molecule has 1 aromatic carbocycles. The first-order valence-electron chi connectivity index (χ1n) is 6.33. The Morgan fingerprint density at radius 3 is 2.42 bits per heavy atom. The van der Waals surface area contributed by atoms with Gasteiger partial charge >= 0.3 is 0 Å². The molecule has 0 fully saturated rings. The number of hydrogen-bond acceptors (Lipinski definition) is 4. The molecule has 0 aliphatic heterocycles. The normalized spacial score (nSPS) is 12.3. The fourth-order valence-electron chi connectivity index (χ4n) is 1.67. The summed E-state index contributed by atoms with van der Waals surface area (Å²) in [4.78, 5) is 0. The van der Waals surface area contributed by atoms with Crippen LogP contribution in [0.2, 0.25) is 0 Å². The zero-order valence-electron chi connectivity index (χ0n) is 12.0. The van der Waals surface area contributed by atoms with Crippen LogP contribution < -0.4 is 14.8 Å². The van der Waals surface area contributed by atoms with E-state index in [0.29, 0.717) is 12.6 Å². The molecule has 0 aromatic heterocycles. The molecule has 0 bridgehead atoms. The highest BCUT2D eigenvalue weighted by atomic mass is 79.9. The fourth-order valence-corrected chi connectivity index (χ4v) is 2.13. The maximum absolute atomic E-state index is 5.38. The Morgan fingerprint density at radius 2 is 1.84 bits per heavy atom. The molecule has 5 heteroatoms. The molecular weight excluding hydrogens is 310 g/mol. The first kappa shape index (κ1) is 16.3. The van der Waals surface area contributed by atoms with Crippen molar-refractivity contribution in [3.05, 3.63) is 22.2 Å². The van der Waals surface area contributed by atoms with Gasteiger partial charge in [-0.3, -0.25) is 0 Å². The van der Waals surface area contributed by atoms with Gasteiger partial charge < -0.3 is 19.5 Å². The Kier molecular flexibility index (Phi) is 7.20. The van der Waals surface area contributed by atoms with Gasteiger partial charge in [0.25, 0.3) is 0 Å². The molecule has 1 N–H and O–H groups in total. The van der Waals surface area contributed by atoms with E-state index in [9.17, 15) is 0 Å². The third kappa shape index (κ3) is 5.01. The van der Waals surface area contributed by atoms with Gasteiger partial charge in [-0.1, -0.05) is 15.9 Å². The standard InChI is InChI=1S/C14H22BrNO3/c1-5-19-9-10(2)16-8-11-6-13(17-3)14(18-4)7-12(11)15/h6-7,10,16H,5,8-9H2,1-4H3. The van der Waals surface area contributed by atoms with E-state index in [1.54, 1.807) is 14.2 Å². The van der Waals surface area contributed by atoms with Crippen molar-refractivity contribution in [3.8, 4) is 11.5 Å². The van der Waals surface area contributed by atoms with Gasteiger partial charge in [-0.05, 0) is 31.5 Å². The molecule has 0 saturated carbocycles. The molecule has 19 heavy (non-hydrogen) atoms. The maximum atomic E-state index is 5.38. The quantitative estimate of drug-likeness (QED) is 0.794. The molecule has 1 atom stereocenters. The van der Waals surface area contributed by atoms with E-state index in [1.165, 1.54) is 0 Å². The molecule has 0 aliphatic rings. The fraction of sp³-hybridized carbons (Fsp3) is 0.571. The minimum Gasteiger partial charge on any atom is -0.493 e. The molecule has 4 nitrogen and oxygen atoms in total. The summed E-state index contributed by atoms with van der Waals surface area (Å²) in [6, 6.07) is 4.20. The minimum absolute atomic E-state index is 0.306. The summed E-state index contributed by atoms with van der Waals surface area (Å²) in [5.41, 5.74) is 1.13. The average molecular weight is 332 g/mol. The molecule has 0 heterocycles. The SMILES string of the molecule is CCOCC(C)NCc1cc(OC)c(OC)cc1Br. The second-order valence-corrected chi connectivity index (χ2v) is 5.09. The summed E-state index contributed by atoms with van der Waals surface area (Å²) in [5, 5.41) is 3.41. The lowest BCUT2D eigenvalue weighted by Gasteiger charge is -2.16. The van der Waals surface area contributed by atoms with Gasteiger partial charge in [0, 0.05) is 23.7 Å². The Bertz CT molecular complexity index is 399. The summed E-state index contributed by atoms with van der Waals surface area (Å²) >= 11 is 3.55. The highest BCUT2D eigenvalue weighted by Gasteiger charge is 2.10. The number of nitrogens with one attached hydrogen (secondary N) is 1. The van der Waals surface area contributed by atoms with Gasteiger partial charge in [-0.25, -0.2) is 0 Å². The third-order valence-electron chi connectivity index (χ3n) is 2.77. The zero-order chi connectivity index (χ0) is 14.3. The maximum Gasteiger partial charge on any atom is 0.161 e. The Balaban J connectivity index is 2.67. The molecule has 0 amide bonds. The lowest BCUT2D eigenvalue weighted by Crippen LogP contribution is -2.30. The van der Waals surface area contributed by atoms with Gasteiger partial charge in [0.1, 0.15) is 0 Å². The van der Waals surface area contributed by atoms with E-state index in [4.69, 9.17) is 14.2 Å². The second-order valence-electron chi connectivity index (χ2n) is 4.24. The van der Waals surface area contributed by atoms with Crippen molar-refractivity contribution >= 4 is 15.9 Å². The monoisotopic (exact) mass is 331 g/mol. The zero-order valence-corrected chi connectivity index (χ0v) is 13.5. The lowest BCUT2D eigenvalue weighted by atomic mass is 10.2. The molecular formula is C14H22BrNO3. The smallest absolute Gasteiger partial charge is 0.161 e. The van der Waals surface area contributed by atoms with E-state index < -0.39 is 0 Å². The molecule has 0 aliphatic carbocycles. The van der Waals surface area contributed by atoms with Crippen molar-refractivity contribution in [2.24, 2.45) is 0 Å². The number of benzene rings is 1. The van der Waals surface area contributed by atoms with Crippen molar-refractivity contribution in [1.29, 1.82) is 0 Å². The van der Waals surface area contributed by atoms with Gasteiger partial charge in [-0.15, -0.1) is 0 Å². The van der Waals surface area contributed by atoms with Crippen molar-refractivity contribution < 1.29 is 14.2 Å². The lowest BCUT2D eigenvalue weighted by molar-refractivity contribution is 0.127. The average Bonchev–Trinajstić information content (AvgIpc) is 2.43. The van der Waals surface area contributed by atoms with E-state index in [1.807, 2.05) is 19.1 Å². The predicted molar refractivity (Wildman–Crippen MR) is 80.0 cm³/mol. The molecule has 0 saturated heterocycles. The van der Waals surface area contributed by atoms with E-state index in [-0.39, 0.29) is 0 Å². The van der Waals surface area contributed by atoms with E-state index in [0.717, 1.165) is 34.7 Å². The topological polar surface area (TPSA) is 39.7 Å². The van der Waals surface area contributed by atoms with Crippen LogP contribution in [0.4, 0.5) is 0 Å². The summed E-state index contributed by atoms with van der Waals surface area (Å²) in [7, 11) is 3.27. The number of halogens is 1. The largest absolute Gasteiger partial charge is 0.493 e. The first-order chi connectivity index (χ1) is 9.12. The molecule has 0 spiro atoms. The molecule has 108 valence electrons. The van der Waals surface area contributed by atoms with Crippen LogP contribution in [0.1, 0.15) is 19.4 Å². The number of rotatable bonds is 8. The van der Waals surface area contributed by atoms with Crippen LogP contribution >= 0.6 is 15.9 Å². The first-order valence-corrected chi connectivity index (χ1v) is 7.13. The van der Waals surface area contributed by atoms with Crippen molar-refractivity contribution in [2.75, 3.05) is 27.4 Å². The number of hydrogen-bond donors (Lipinski definition) is 1. The molecule has 1 unspecified atom stereocenters. The van der Waals surface area contributed by atoms with Crippen LogP contribution in [0.25, 0.3) is 0 Å². The van der Waals surface area contributed by atoms with Gasteiger partial charge in [0.15, 0.2) is 11.5 Å². The van der Waals surface area contributed by atoms with Crippen LogP contribution in [-0.2, 0) is 11.3 Å². The molecule has 1 aromatic rings. The van der Waals surface area contributed by atoms with Crippen LogP contribution in [0.5, 0.6) is 11.5 Å². The Hall–Kier alpha value is -0.780. The van der Waals surface area contributed by atoms with Gasteiger partial charge in [0.2, 0.25) is 0 Å². The highest BCUT2D eigenvalue weighted by molar-refractivity contribution is 9.10. The van der Waals surface area contributed by atoms with Crippen molar-refractivity contribution in [2.45, 2.75) is 26.4 Å². The van der Waals surface area contributed by atoms with E-state index >= 15 is 0 Å². The Labute approximate surface area is 123 Å². The second kappa shape index (κ2) is 8.40. The third-order valence-corrected chi connectivity index (χ3v) is 3.50. The number of methoxy groups -OCH3 is 2. The van der Waals surface area contributed by atoms with Crippen LogP contribution in [0.15, 0.2) is 16.6 Å². The molecule has 0 radical (unpaired) electrons. The van der Waals surface area contributed by atoms with Crippen molar-refractivity contribution in [1.82, 2.24) is 5.32 Å². The van der Waals surface area contributed by atoms with Gasteiger partial charge in [0.05, 0.1) is 20.8 Å². The van der Waals surface area contributed by atoms with Gasteiger partial charge in [-0.2, -0.15) is 0 Å². The Morgan fingerprint density at radius 1 is 1.21 bits per heavy atom. The summed E-state index contributed by atoms with van der Waals surface area (Å²) in [6.45, 7) is 6.30. The van der Waals surface area contributed by atoms with Crippen LogP contribution in [0.3, 0.4) is 0 Å². The summed E-state index contributed by atoms with van der Waals surface area (Å²) < 4.78 is 16.9. The van der Waals surface area contributed by atoms with Crippen LogP contribution in [-0.4, -0.2) is 33.5 Å². The van der Waals surface area contributed by atoms with E-state index in [2.05, 4.69) is 28.2 Å². The molecule has 1 rings (SSSR count). The minimum atomic E-state index is 0.306. The summed E-state index contributed by atoms with van der Waals surface area (Å²) in [5.74, 6) is 1.46. The predicted octanol–water partition coefficient (Wildman–Crippen LogP) is 2.98. The highest BCUT2D eigenvalue weighted by Crippen LogP contribution is 2.33. The van der Waals surface area contributed by atoms with Crippen molar-refractivity contribution in [3.63, 3.8) is 0 Å². The van der Waals surface area contributed by atoms with Crippen LogP contribution in [0, 0.1) is 0 Å².